The van der Waals surface area contributed by atoms with E-state index in [-0.39, 0.29) is 5.03 Å². The third-order valence-corrected chi connectivity index (χ3v) is 7.53. The molecule has 0 saturated carbocycles. The number of benzene rings is 1. The fourth-order valence-corrected chi connectivity index (χ4v) is 5.93. The number of imidazole rings is 1. The second-order valence-electron chi connectivity index (χ2n) is 6.50. The average molecular weight is 392 g/mol. The van der Waals surface area contributed by atoms with Crippen LogP contribution in [0, 0.1) is 20.8 Å². The first-order chi connectivity index (χ1) is 12.4. The fourth-order valence-electron chi connectivity index (χ4n) is 3.43. The van der Waals surface area contributed by atoms with Gasteiger partial charge in [-0.05, 0) is 32.4 Å². The van der Waals surface area contributed by atoms with Gasteiger partial charge in [-0.25, -0.2) is 13.4 Å². The molecule has 2 aromatic heterocycles. The molecule has 1 aliphatic rings. The van der Waals surface area contributed by atoms with Crippen molar-refractivity contribution >= 4 is 32.0 Å². The minimum Gasteiger partial charge on any atom is -0.369 e. The first-order valence-electron chi connectivity index (χ1n) is 8.51. The Labute approximate surface area is 156 Å². The van der Waals surface area contributed by atoms with Crippen LogP contribution in [0.2, 0.25) is 0 Å². The Kier molecular flexibility index (Phi) is 4.25. The monoisotopic (exact) mass is 391 g/mol. The SMILES string of the molecule is Cc1nn2c(S(=O)(=O)N3CCN(c4ccccc4C)CC3)c(C)nc2s1. The van der Waals surface area contributed by atoms with Crippen molar-refractivity contribution in [1.82, 2.24) is 18.9 Å². The number of rotatable bonds is 3. The van der Waals surface area contributed by atoms with Gasteiger partial charge in [0.05, 0.1) is 5.69 Å². The van der Waals surface area contributed by atoms with Gasteiger partial charge in [-0.2, -0.15) is 13.9 Å². The van der Waals surface area contributed by atoms with Crippen LogP contribution in [0.3, 0.4) is 0 Å². The van der Waals surface area contributed by atoms with E-state index in [0.29, 0.717) is 36.8 Å². The number of aromatic nitrogens is 3. The van der Waals surface area contributed by atoms with Crippen LogP contribution in [-0.2, 0) is 10.0 Å². The molecule has 1 fully saturated rings. The zero-order valence-electron chi connectivity index (χ0n) is 15.0. The Bertz CT molecular complexity index is 1060. The van der Waals surface area contributed by atoms with Crippen LogP contribution in [0.15, 0.2) is 29.3 Å². The van der Waals surface area contributed by atoms with E-state index in [0.717, 1.165) is 5.01 Å². The fraction of sp³-hybridized carbons (Fsp3) is 0.412. The molecule has 26 heavy (non-hydrogen) atoms. The van der Waals surface area contributed by atoms with E-state index in [2.05, 4.69) is 34.0 Å². The van der Waals surface area contributed by atoms with Crippen LogP contribution in [0.1, 0.15) is 16.3 Å². The van der Waals surface area contributed by atoms with Gasteiger partial charge in [-0.3, -0.25) is 0 Å². The highest BCUT2D eigenvalue weighted by atomic mass is 32.2. The average Bonchev–Trinajstić information content (AvgIpc) is 3.09. The lowest BCUT2D eigenvalue weighted by molar-refractivity contribution is 0.382. The molecule has 4 rings (SSSR count). The lowest BCUT2D eigenvalue weighted by Crippen LogP contribution is -2.49. The van der Waals surface area contributed by atoms with Crippen molar-refractivity contribution in [3.8, 4) is 0 Å². The number of sulfonamides is 1. The van der Waals surface area contributed by atoms with Crippen LogP contribution in [0.5, 0.6) is 0 Å². The molecule has 7 nitrogen and oxygen atoms in total. The lowest BCUT2D eigenvalue weighted by Gasteiger charge is -2.35. The number of fused-ring (bicyclic) bond motifs is 1. The number of hydrogen-bond acceptors (Lipinski definition) is 6. The minimum atomic E-state index is -3.63. The van der Waals surface area contributed by atoms with E-state index in [1.54, 1.807) is 11.2 Å². The molecule has 1 aliphatic heterocycles. The molecule has 0 N–H and O–H groups in total. The first kappa shape index (κ1) is 17.4. The van der Waals surface area contributed by atoms with Crippen LogP contribution < -0.4 is 4.90 Å². The maximum atomic E-state index is 13.2. The van der Waals surface area contributed by atoms with Crippen molar-refractivity contribution in [2.75, 3.05) is 31.1 Å². The van der Waals surface area contributed by atoms with E-state index in [9.17, 15) is 8.42 Å². The van der Waals surface area contributed by atoms with Gasteiger partial charge in [0, 0.05) is 31.9 Å². The molecule has 0 radical (unpaired) electrons. The Morgan fingerprint density at radius 3 is 2.42 bits per heavy atom. The Balaban J connectivity index is 1.60. The molecule has 0 spiro atoms. The molecule has 9 heteroatoms. The highest BCUT2D eigenvalue weighted by molar-refractivity contribution is 7.89. The van der Waals surface area contributed by atoms with Crippen molar-refractivity contribution < 1.29 is 8.42 Å². The van der Waals surface area contributed by atoms with Crippen molar-refractivity contribution in [3.63, 3.8) is 0 Å². The zero-order valence-corrected chi connectivity index (χ0v) is 16.6. The van der Waals surface area contributed by atoms with E-state index < -0.39 is 10.0 Å². The summed E-state index contributed by atoms with van der Waals surface area (Å²) in [6.45, 7) is 7.90. The third kappa shape index (κ3) is 2.80. The predicted octanol–water partition coefficient (Wildman–Crippen LogP) is 2.23. The molecular weight excluding hydrogens is 370 g/mol. The van der Waals surface area contributed by atoms with Crippen LogP contribution in [0.25, 0.3) is 4.96 Å². The van der Waals surface area contributed by atoms with Crippen molar-refractivity contribution in [3.05, 3.63) is 40.5 Å². The highest BCUT2D eigenvalue weighted by Crippen LogP contribution is 2.27. The van der Waals surface area contributed by atoms with Crippen LogP contribution >= 0.6 is 11.3 Å². The number of nitrogens with zero attached hydrogens (tertiary/aromatic N) is 5. The summed E-state index contributed by atoms with van der Waals surface area (Å²) in [6, 6.07) is 8.20. The van der Waals surface area contributed by atoms with Gasteiger partial charge in [0.2, 0.25) is 4.96 Å². The molecule has 3 aromatic rings. The quantitative estimate of drug-likeness (QED) is 0.685. The van der Waals surface area contributed by atoms with E-state index in [4.69, 9.17) is 0 Å². The largest absolute Gasteiger partial charge is 0.369 e. The number of piperazine rings is 1. The molecule has 0 atom stereocenters. The molecule has 0 unspecified atom stereocenters. The third-order valence-electron chi connectivity index (χ3n) is 4.71. The maximum Gasteiger partial charge on any atom is 0.262 e. The van der Waals surface area contributed by atoms with Gasteiger partial charge in [-0.1, -0.05) is 29.5 Å². The molecule has 1 aromatic carbocycles. The molecule has 0 bridgehead atoms. The maximum absolute atomic E-state index is 13.2. The zero-order chi connectivity index (χ0) is 18.5. The van der Waals surface area contributed by atoms with Gasteiger partial charge in [-0.15, -0.1) is 0 Å². The van der Waals surface area contributed by atoms with Gasteiger partial charge in [0.25, 0.3) is 10.0 Å². The van der Waals surface area contributed by atoms with Crippen LogP contribution in [-0.4, -0.2) is 53.5 Å². The number of anilines is 1. The molecule has 0 amide bonds. The summed E-state index contributed by atoms with van der Waals surface area (Å²) in [5.41, 5.74) is 2.88. The summed E-state index contributed by atoms with van der Waals surface area (Å²) in [7, 11) is -3.63. The minimum absolute atomic E-state index is 0.196. The number of para-hydroxylation sites is 1. The summed E-state index contributed by atoms with van der Waals surface area (Å²) in [5.74, 6) is 0. The molecule has 138 valence electrons. The number of aryl methyl sites for hydroxylation is 3. The van der Waals surface area contributed by atoms with Crippen LogP contribution in [0.4, 0.5) is 5.69 Å². The normalized spacial score (nSPS) is 16.5. The van der Waals surface area contributed by atoms with Crippen molar-refractivity contribution in [2.24, 2.45) is 0 Å². The van der Waals surface area contributed by atoms with Gasteiger partial charge < -0.3 is 4.90 Å². The van der Waals surface area contributed by atoms with Crippen molar-refractivity contribution in [1.29, 1.82) is 0 Å². The smallest absolute Gasteiger partial charge is 0.262 e. The van der Waals surface area contributed by atoms with Gasteiger partial charge in [0.1, 0.15) is 5.01 Å². The molecule has 3 heterocycles. The second kappa shape index (κ2) is 6.33. The van der Waals surface area contributed by atoms with E-state index in [1.165, 1.54) is 27.1 Å². The second-order valence-corrected chi connectivity index (χ2v) is 9.51. The molecule has 0 aliphatic carbocycles. The molecule has 1 saturated heterocycles. The Hall–Kier alpha value is -1.97. The summed E-state index contributed by atoms with van der Waals surface area (Å²) in [6.07, 6.45) is 0. The summed E-state index contributed by atoms with van der Waals surface area (Å²) in [4.78, 5) is 7.24. The lowest BCUT2D eigenvalue weighted by atomic mass is 10.1. The summed E-state index contributed by atoms with van der Waals surface area (Å²) >= 11 is 1.40. The predicted molar refractivity (Wildman–Crippen MR) is 102 cm³/mol. The summed E-state index contributed by atoms with van der Waals surface area (Å²) < 4.78 is 29.4. The molecular formula is C17H21N5O2S2. The van der Waals surface area contributed by atoms with E-state index in [1.807, 2.05) is 19.1 Å². The van der Waals surface area contributed by atoms with E-state index >= 15 is 0 Å². The highest BCUT2D eigenvalue weighted by Gasteiger charge is 2.34. The Morgan fingerprint density at radius 2 is 1.73 bits per heavy atom. The first-order valence-corrected chi connectivity index (χ1v) is 10.8. The summed E-state index contributed by atoms with van der Waals surface area (Å²) in [5, 5.41) is 5.32. The van der Waals surface area contributed by atoms with Gasteiger partial charge in [0.15, 0.2) is 5.03 Å². The van der Waals surface area contributed by atoms with Crippen molar-refractivity contribution in [2.45, 2.75) is 25.8 Å². The topological polar surface area (TPSA) is 70.8 Å². The number of hydrogen-bond donors (Lipinski definition) is 0. The standard InChI is InChI=1S/C17H21N5O2S2/c1-12-6-4-5-7-15(12)20-8-10-21(11-9-20)26(23,24)16-13(2)18-17-22(16)19-14(3)25-17/h4-7H,8-11H2,1-3H3. The Morgan fingerprint density at radius 1 is 1.04 bits per heavy atom. The van der Waals surface area contributed by atoms with Gasteiger partial charge >= 0.3 is 0 Å².